The molecule has 0 aliphatic carbocycles. The third-order valence-electron chi connectivity index (χ3n) is 13.3. The monoisotopic (exact) mass is 1040 g/mol. The van der Waals surface area contributed by atoms with Crippen molar-refractivity contribution in [1.29, 1.82) is 0 Å². The Balaban J connectivity index is 4.52. The van der Waals surface area contributed by atoms with E-state index in [9.17, 15) is 14.4 Å². The first-order chi connectivity index (χ1) is 37.0. The van der Waals surface area contributed by atoms with Crippen LogP contribution in [-0.2, 0) is 28.6 Å². The molecule has 6 nitrogen and oxygen atoms in total. The zero-order valence-electron chi connectivity index (χ0n) is 49.0. The maximum absolute atomic E-state index is 12.9. The lowest BCUT2D eigenvalue weighted by Crippen LogP contribution is -2.30. The third-order valence-corrected chi connectivity index (χ3v) is 13.3. The van der Waals surface area contributed by atoms with Gasteiger partial charge in [0.2, 0.25) is 0 Å². The Morgan fingerprint density at radius 3 is 0.867 bits per heavy atom. The zero-order valence-corrected chi connectivity index (χ0v) is 49.0. The average molecular weight is 1040 g/mol. The van der Waals surface area contributed by atoms with E-state index < -0.39 is 6.10 Å². The van der Waals surface area contributed by atoms with E-state index in [1.54, 1.807) is 0 Å². The fourth-order valence-electron chi connectivity index (χ4n) is 8.54. The fraction of sp³-hybridized carbons (Fsp3) is 0.696. The van der Waals surface area contributed by atoms with Crippen LogP contribution in [0.3, 0.4) is 0 Å². The van der Waals surface area contributed by atoms with Crippen molar-refractivity contribution in [3.8, 4) is 0 Å². The number of allylic oxidation sites excluding steroid dienone is 18. The van der Waals surface area contributed by atoms with Crippen LogP contribution in [-0.4, -0.2) is 37.2 Å². The molecule has 1 atom stereocenters. The summed E-state index contributed by atoms with van der Waals surface area (Å²) < 4.78 is 16.8. The van der Waals surface area contributed by atoms with Crippen LogP contribution in [0.5, 0.6) is 0 Å². The molecule has 0 heterocycles. The predicted octanol–water partition coefficient (Wildman–Crippen LogP) is 21.4. The van der Waals surface area contributed by atoms with Gasteiger partial charge in [0.05, 0.1) is 0 Å². The first kappa shape index (κ1) is 71.1. The molecule has 0 amide bonds. The van der Waals surface area contributed by atoms with Gasteiger partial charge < -0.3 is 14.2 Å². The highest BCUT2D eigenvalue weighted by molar-refractivity contribution is 5.71. The lowest BCUT2D eigenvalue weighted by molar-refractivity contribution is -0.166. The van der Waals surface area contributed by atoms with Gasteiger partial charge in [-0.05, 0) is 96.3 Å². The van der Waals surface area contributed by atoms with Crippen LogP contribution in [0.2, 0.25) is 0 Å². The summed E-state index contributed by atoms with van der Waals surface area (Å²) in [5.74, 6) is -1.06. The molecule has 0 saturated heterocycles. The first-order valence-corrected chi connectivity index (χ1v) is 31.4. The highest BCUT2D eigenvalue weighted by Gasteiger charge is 2.19. The van der Waals surface area contributed by atoms with Crippen LogP contribution in [0.1, 0.15) is 290 Å². The van der Waals surface area contributed by atoms with Gasteiger partial charge in [0, 0.05) is 19.3 Å². The van der Waals surface area contributed by atoms with Crippen LogP contribution >= 0.6 is 0 Å². The minimum atomic E-state index is -0.838. The van der Waals surface area contributed by atoms with Crippen molar-refractivity contribution in [2.45, 2.75) is 297 Å². The lowest BCUT2D eigenvalue weighted by Gasteiger charge is -2.18. The lowest BCUT2D eigenvalue weighted by atomic mass is 10.0. The van der Waals surface area contributed by atoms with Crippen molar-refractivity contribution in [2.24, 2.45) is 0 Å². The molecular weight excluding hydrogens is 925 g/mol. The second-order valence-corrected chi connectivity index (χ2v) is 20.6. The summed E-state index contributed by atoms with van der Waals surface area (Å²) in [6, 6.07) is 0. The van der Waals surface area contributed by atoms with Gasteiger partial charge in [0.1, 0.15) is 13.2 Å². The van der Waals surface area contributed by atoms with E-state index in [4.69, 9.17) is 14.2 Å². The van der Waals surface area contributed by atoms with Crippen LogP contribution < -0.4 is 0 Å². The summed E-state index contributed by atoms with van der Waals surface area (Å²) in [7, 11) is 0. The summed E-state index contributed by atoms with van der Waals surface area (Å²) in [4.78, 5) is 38.2. The number of hydrogen-bond acceptors (Lipinski definition) is 6. The first-order valence-electron chi connectivity index (χ1n) is 31.4. The number of carbonyl (C=O) groups is 3. The van der Waals surface area contributed by atoms with Crippen LogP contribution in [0, 0.1) is 0 Å². The molecule has 0 fully saturated rings. The van der Waals surface area contributed by atoms with Crippen LogP contribution in [0.4, 0.5) is 0 Å². The molecular formula is C69H116O6. The van der Waals surface area contributed by atoms with Crippen molar-refractivity contribution in [3.05, 3.63) is 109 Å². The number of carbonyl (C=O) groups excluding carboxylic acids is 3. The van der Waals surface area contributed by atoms with Crippen molar-refractivity contribution < 1.29 is 28.6 Å². The number of hydrogen-bond donors (Lipinski definition) is 0. The Morgan fingerprint density at radius 2 is 0.520 bits per heavy atom. The van der Waals surface area contributed by atoms with Crippen LogP contribution in [0.15, 0.2) is 109 Å². The Kier molecular flexibility index (Phi) is 59.3. The zero-order chi connectivity index (χ0) is 54.3. The SMILES string of the molecule is CCCCC/C=C\C/C=C\C/C=C\C/C=C\C/C=C\CCC(=O)OC[C@H](COC(=O)CCCCCCCCCCCCCCCCCCCCCCC)OC(=O)CCC/C=C\C/C=C\C/C=C\C/C=C\CCCCC. The molecule has 0 aromatic heterocycles. The molecule has 0 radical (unpaired) electrons. The minimum absolute atomic E-state index is 0.122. The number of rotatable bonds is 56. The van der Waals surface area contributed by atoms with E-state index in [0.29, 0.717) is 19.3 Å². The van der Waals surface area contributed by atoms with E-state index in [0.717, 1.165) is 70.6 Å². The van der Waals surface area contributed by atoms with Gasteiger partial charge in [-0.1, -0.05) is 284 Å². The molecule has 0 saturated carbocycles. The second kappa shape index (κ2) is 62.6. The maximum atomic E-state index is 12.9. The Hall–Kier alpha value is -3.93. The van der Waals surface area contributed by atoms with E-state index in [1.165, 1.54) is 167 Å². The predicted molar refractivity (Wildman–Crippen MR) is 325 cm³/mol. The molecule has 0 aromatic rings. The molecule has 6 heteroatoms. The molecule has 0 aromatic carbocycles. The maximum Gasteiger partial charge on any atom is 0.306 e. The molecule has 75 heavy (non-hydrogen) atoms. The average Bonchev–Trinajstić information content (AvgIpc) is 3.41. The minimum Gasteiger partial charge on any atom is -0.462 e. The van der Waals surface area contributed by atoms with E-state index >= 15 is 0 Å². The van der Waals surface area contributed by atoms with Crippen LogP contribution in [0.25, 0.3) is 0 Å². The van der Waals surface area contributed by atoms with E-state index in [1.807, 2.05) is 6.08 Å². The Bertz CT molecular complexity index is 1520. The van der Waals surface area contributed by atoms with Gasteiger partial charge >= 0.3 is 17.9 Å². The Labute approximate surface area is 463 Å². The molecule has 0 spiro atoms. The molecule has 0 aliphatic rings. The molecule has 0 unspecified atom stereocenters. The quantitative estimate of drug-likeness (QED) is 0.0261. The van der Waals surface area contributed by atoms with Gasteiger partial charge in [-0.15, -0.1) is 0 Å². The van der Waals surface area contributed by atoms with Gasteiger partial charge in [0.15, 0.2) is 6.10 Å². The van der Waals surface area contributed by atoms with Gasteiger partial charge in [0.25, 0.3) is 0 Å². The largest absolute Gasteiger partial charge is 0.462 e. The van der Waals surface area contributed by atoms with E-state index in [-0.39, 0.29) is 44.0 Å². The normalized spacial score (nSPS) is 12.8. The smallest absolute Gasteiger partial charge is 0.306 e. The number of ether oxygens (including phenoxy) is 3. The molecule has 0 N–H and O–H groups in total. The second-order valence-electron chi connectivity index (χ2n) is 20.6. The topological polar surface area (TPSA) is 78.9 Å². The van der Waals surface area contributed by atoms with Gasteiger partial charge in [-0.25, -0.2) is 0 Å². The summed E-state index contributed by atoms with van der Waals surface area (Å²) in [6.45, 7) is 6.50. The summed E-state index contributed by atoms with van der Waals surface area (Å²) in [5, 5.41) is 0. The summed E-state index contributed by atoms with van der Waals surface area (Å²) >= 11 is 0. The van der Waals surface area contributed by atoms with Crippen molar-refractivity contribution >= 4 is 17.9 Å². The molecule has 428 valence electrons. The summed E-state index contributed by atoms with van der Waals surface area (Å²) in [5.41, 5.74) is 0. The fourth-order valence-corrected chi connectivity index (χ4v) is 8.54. The Morgan fingerprint density at radius 1 is 0.267 bits per heavy atom. The van der Waals surface area contributed by atoms with Crippen molar-refractivity contribution in [2.75, 3.05) is 13.2 Å². The summed E-state index contributed by atoms with van der Waals surface area (Å²) in [6.07, 6.45) is 85.4. The molecule has 0 bridgehead atoms. The number of unbranched alkanes of at least 4 members (excludes halogenated alkanes) is 27. The standard InChI is InChI=1S/C69H116O6/c1-4-7-10-13-16-19-22-25-28-31-33-34-36-39-41-44-47-50-53-56-59-62-68(71)74-65-66(75-69(72)63-60-57-54-51-48-45-42-37-30-27-24-21-18-15-12-9-6-3)64-73-67(70)61-58-55-52-49-46-43-40-38-35-32-29-26-23-20-17-14-11-8-5-2/h17-18,20-21,26-27,29-30,35,38,42-43,45-46,51-52,54-55,66H,4-16,19,22-25,28,31-34,36-37,39-41,44,47-50,53,56-65H2,1-3H3/b20-17-,21-18-,29-26-,30-27-,38-35-,45-42-,46-43-,54-51-,55-52-/t66-/m1/s1. The molecule has 0 rings (SSSR count). The van der Waals surface area contributed by atoms with Gasteiger partial charge in [-0.3, -0.25) is 14.4 Å². The van der Waals surface area contributed by atoms with Crippen molar-refractivity contribution in [3.63, 3.8) is 0 Å². The van der Waals surface area contributed by atoms with Gasteiger partial charge in [-0.2, -0.15) is 0 Å². The van der Waals surface area contributed by atoms with E-state index in [2.05, 4.69) is 124 Å². The van der Waals surface area contributed by atoms with Crippen molar-refractivity contribution in [1.82, 2.24) is 0 Å². The molecule has 0 aliphatic heterocycles. The number of esters is 3. The highest BCUT2D eigenvalue weighted by Crippen LogP contribution is 2.16. The third kappa shape index (κ3) is 60.8. The highest BCUT2D eigenvalue weighted by atomic mass is 16.6.